The van der Waals surface area contributed by atoms with E-state index in [1.807, 2.05) is 13.0 Å². The first kappa shape index (κ1) is 14.9. The number of nitrogen functional groups attached to an aromatic ring is 1. The molecule has 106 valence electrons. The first-order chi connectivity index (χ1) is 9.29. The lowest BCUT2D eigenvalue weighted by molar-refractivity contribution is 0.600. The molecule has 0 bridgehead atoms. The van der Waals surface area contributed by atoms with Crippen molar-refractivity contribution in [2.24, 2.45) is 0 Å². The molecule has 4 nitrogen and oxygen atoms in total. The second-order valence-electron chi connectivity index (χ2n) is 4.59. The summed E-state index contributed by atoms with van der Waals surface area (Å²) in [6.45, 7) is 3.67. The Hall–Kier alpha value is -1.53. The van der Waals surface area contributed by atoms with Crippen LogP contribution in [0.2, 0.25) is 0 Å². The summed E-state index contributed by atoms with van der Waals surface area (Å²) < 4.78 is 28.2. The monoisotopic (exact) mass is 354 g/mol. The van der Waals surface area contributed by atoms with Gasteiger partial charge in [-0.05, 0) is 49.2 Å². The minimum absolute atomic E-state index is 0.189. The molecule has 2 aromatic rings. The molecule has 0 radical (unpaired) electrons. The van der Waals surface area contributed by atoms with Crippen LogP contribution in [0.4, 0.5) is 11.4 Å². The number of hydrogen-bond donors (Lipinski definition) is 2. The number of benzene rings is 2. The van der Waals surface area contributed by atoms with Gasteiger partial charge in [-0.15, -0.1) is 0 Å². The van der Waals surface area contributed by atoms with E-state index in [0.717, 1.165) is 10.0 Å². The highest BCUT2D eigenvalue weighted by atomic mass is 79.9. The zero-order chi connectivity index (χ0) is 14.9. The van der Waals surface area contributed by atoms with Crippen LogP contribution in [0.1, 0.15) is 11.1 Å². The molecule has 2 aromatic carbocycles. The molecule has 2 rings (SSSR count). The first-order valence-corrected chi connectivity index (χ1v) is 8.22. The van der Waals surface area contributed by atoms with Crippen LogP contribution in [-0.2, 0) is 10.0 Å². The molecule has 0 saturated heterocycles. The minimum atomic E-state index is -3.65. The van der Waals surface area contributed by atoms with Gasteiger partial charge in [-0.2, -0.15) is 0 Å². The van der Waals surface area contributed by atoms with Crippen LogP contribution in [0.25, 0.3) is 0 Å². The number of aryl methyl sites for hydroxylation is 2. The molecule has 0 saturated carbocycles. The van der Waals surface area contributed by atoms with Crippen molar-refractivity contribution in [2.45, 2.75) is 18.7 Å². The summed E-state index contributed by atoms with van der Waals surface area (Å²) >= 11 is 3.38. The van der Waals surface area contributed by atoms with Gasteiger partial charge in [-0.1, -0.05) is 28.1 Å². The Kier molecular flexibility index (Phi) is 4.06. The van der Waals surface area contributed by atoms with E-state index >= 15 is 0 Å². The van der Waals surface area contributed by atoms with Crippen molar-refractivity contribution in [1.29, 1.82) is 0 Å². The van der Waals surface area contributed by atoms with Crippen LogP contribution >= 0.6 is 15.9 Å². The standard InChI is InChI=1S/C14H15BrN2O2S/c1-9-4-6-12(8-13(9)15)17-20(18,19)14-7-11(16)5-3-10(14)2/h3-8,17H,16H2,1-2H3. The van der Waals surface area contributed by atoms with Crippen LogP contribution < -0.4 is 10.5 Å². The zero-order valence-electron chi connectivity index (χ0n) is 11.1. The number of rotatable bonds is 3. The molecule has 0 aromatic heterocycles. The van der Waals surface area contributed by atoms with Gasteiger partial charge in [0.25, 0.3) is 10.0 Å². The normalized spacial score (nSPS) is 11.3. The molecular weight excluding hydrogens is 340 g/mol. The smallest absolute Gasteiger partial charge is 0.262 e. The summed E-state index contributed by atoms with van der Waals surface area (Å²) in [7, 11) is -3.65. The van der Waals surface area contributed by atoms with Crippen molar-refractivity contribution in [2.75, 3.05) is 10.5 Å². The topological polar surface area (TPSA) is 72.2 Å². The van der Waals surface area contributed by atoms with Crippen LogP contribution in [0.15, 0.2) is 45.8 Å². The van der Waals surface area contributed by atoms with Gasteiger partial charge < -0.3 is 5.73 Å². The molecule has 0 spiro atoms. The Morgan fingerprint density at radius 3 is 2.35 bits per heavy atom. The van der Waals surface area contributed by atoms with E-state index in [1.165, 1.54) is 6.07 Å². The molecule has 3 N–H and O–H groups in total. The van der Waals surface area contributed by atoms with Crippen molar-refractivity contribution in [3.05, 3.63) is 52.0 Å². The SMILES string of the molecule is Cc1ccc(NS(=O)(=O)c2cc(N)ccc2C)cc1Br. The molecule has 0 aliphatic carbocycles. The highest BCUT2D eigenvalue weighted by molar-refractivity contribution is 9.10. The number of sulfonamides is 1. The van der Waals surface area contributed by atoms with Gasteiger partial charge in [0.1, 0.15) is 0 Å². The maximum absolute atomic E-state index is 12.4. The maximum Gasteiger partial charge on any atom is 0.262 e. The van der Waals surface area contributed by atoms with Gasteiger partial charge in [0.05, 0.1) is 4.90 Å². The molecule has 0 aliphatic heterocycles. The fourth-order valence-corrected chi connectivity index (χ4v) is 3.48. The lowest BCUT2D eigenvalue weighted by Gasteiger charge is -2.12. The predicted molar refractivity (Wildman–Crippen MR) is 85.3 cm³/mol. The lowest BCUT2D eigenvalue weighted by atomic mass is 10.2. The average Bonchev–Trinajstić information content (AvgIpc) is 2.36. The maximum atomic E-state index is 12.4. The lowest BCUT2D eigenvalue weighted by Crippen LogP contribution is -2.14. The van der Waals surface area contributed by atoms with Crippen LogP contribution in [0.5, 0.6) is 0 Å². The summed E-state index contributed by atoms with van der Waals surface area (Å²) in [5.41, 5.74) is 8.27. The summed E-state index contributed by atoms with van der Waals surface area (Å²) in [6.07, 6.45) is 0. The Morgan fingerprint density at radius 1 is 1.05 bits per heavy atom. The van der Waals surface area contributed by atoms with Gasteiger partial charge in [-0.25, -0.2) is 8.42 Å². The molecule has 0 heterocycles. The Balaban J connectivity index is 2.40. The van der Waals surface area contributed by atoms with Gasteiger partial charge in [-0.3, -0.25) is 4.72 Å². The fraction of sp³-hybridized carbons (Fsp3) is 0.143. The van der Waals surface area contributed by atoms with Crippen molar-refractivity contribution < 1.29 is 8.42 Å². The zero-order valence-corrected chi connectivity index (χ0v) is 13.5. The molecule has 0 atom stereocenters. The van der Waals surface area contributed by atoms with E-state index in [0.29, 0.717) is 16.9 Å². The summed E-state index contributed by atoms with van der Waals surface area (Å²) in [5, 5.41) is 0. The molecule has 0 fully saturated rings. The Labute approximate surface area is 127 Å². The van der Waals surface area contributed by atoms with Crippen LogP contribution in [0, 0.1) is 13.8 Å². The fourth-order valence-electron chi connectivity index (χ4n) is 1.77. The van der Waals surface area contributed by atoms with Crippen LogP contribution in [0.3, 0.4) is 0 Å². The number of hydrogen-bond acceptors (Lipinski definition) is 3. The third kappa shape index (κ3) is 3.13. The summed E-state index contributed by atoms with van der Waals surface area (Å²) in [4.78, 5) is 0.189. The van der Waals surface area contributed by atoms with Gasteiger partial charge >= 0.3 is 0 Å². The van der Waals surface area contributed by atoms with E-state index in [2.05, 4.69) is 20.7 Å². The van der Waals surface area contributed by atoms with E-state index in [1.54, 1.807) is 31.2 Å². The second-order valence-corrected chi connectivity index (χ2v) is 7.10. The molecular formula is C14H15BrN2O2S. The number of anilines is 2. The molecule has 0 unspecified atom stereocenters. The van der Waals surface area contributed by atoms with Gasteiger partial charge in [0.15, 0.2) is 0 Å². The molecule has 0 amide bonds. The van der Waals surface area contributed by atoms with E-state index in [-0.39, 0.29) is 4.90 Å². The van der Waals surface area contributed by atoms with E-state index in [9.17, 15) is 8.42 Å². The number of nitrogens with one attached hydrogen (secondary N) is 1. The summed E-state index contributed by atoms with van der Waals surface area (Å²) in [5.74, 6) is 0. The van der Waals surface area contributed by atoms with Crippen molar-refractivity contribution >= 4 is 37.3 Å². The Morgan fingerprint density at radius 2 is 1.70 bits per heavy atom. The average molecular weight is 355 g/mol. The molecule has 20 heavy (non-hydrogen) atoms. The number of nitrogens with two attached hydrogens (primary N) is 1. The number of halogens is 1. The van der Waals surface area contributed by atoms with Gasteiger partial charge in [0.2, 0.25) is 0 Å². The quantitative estimate of drug-likeness (QED) is 0.829. The summed E-state index contributed by atoms with van der Waals surface area (Å²) in [6, 6.07) is 10.1. The molecule has 6 heteroatoms. The largest absolute Gasteiger partial charge is 0.399 e. The Bertz CT molecular complexity index is 758. The first-order valence-electron chi connectivity index (χ1n) is 5.95. The van der Waals surface area contributed by atoms with Crippen molar-refractivity contribution in [3.8, 4) is 0 Å². The predicted octanol–water partition coefficient (Wildman–Crippen LogP) is 3.45. The van der Waals surface area contributed by atoms with Crippen molar-refractivity contribution in [1.82, 2.24) is 0 Å². The third-order valence-corrected chi connectivity index (χ3v) is 5.30. The van der Waals surface area contributed by atoms with Crippen LogP contribution in [-0.4, -0.2) is 8.42 Å². The van der Waals surface area contributed by atoms with E-state index in [4.69, 9.17) is 5.73 Å². The van der Waals surface area contributed by atoms with Crippen molar-refractivity contribution in [3.63, 3.8) is 0 Å². The second kappa shape index (κ2) is 5.46. The van der Waals surface area contributed by atoms with Gasteiger partial charge in [0, 0.05) is 15.8 Å². The highest BCUT2D eigenvalue weighted by Gasteiger charge is 2.17. The minimum Gasteiger partial charge on any atom is -0.399 e. The third-order valence-electron chi connectivity index (χ3n) is 2.93. The van der Waals surface area contributed by atoms with E-state index < -0.39 is 10.0 Å². The molecule has 0 aliphatic rings. The highest BCUT2D eigenvalue weighted by Crippen LogP contribution is 2.25.